The van der Waals surface area contributed by atoms with E-state index < -0.39 is 9.84 Å². The maximum absolute atomic E-state index is 13.1. The second-order valence-corrected chi connectivity index (χ2v) is 10.6. The summed E-state index contributed by atoms with van der Waals surface area (Å²) in [6.07, 6.45) is 0.801. The molecule has 0 aliphatic carbocycles. The molecule has 0 unspecified atom stereocenters. The summed E-state index contributed by atoms with van der Waals surface area (Å²) in [5, 5.41) is 0. The Labute approximate surface area is 202 Å². The van der Waals surface area contributed by atoms with E-state index in [0.29, 0.717) is 46.7 Å². The third-order valence-electron chi connectivity index (χ3n) is 5.67. The van der Waals surface area contributed by atoms with Crippen molar-refractivity contribution in [3.05, 3.63) is 40.4 Å². The van der Waals surface area contributed by atoms with E-state index >= 15 is 0 Å². The molecule has 0 N–H and O–H groups in total. The molecule has 0 fully saturated rings. The number of benzene rings is 2. The zero-order valence-electron chi connectivity index (χ0n) is 19.1. The van der Waals surface area contributed by atoms with E-state index in [1.807, 2.05) is 0 Å². The molecule has 1 heterocycles. The smallest absolute Gasteiger partial charge is 0.227 e. The summed E-state index contributed by atoms with van der Waals surface area (Å²) in [6, 6.07) is 8.32. The first-order valence-electron chi connectivity index (χ1n) is 10.5. The van der Waals surface area contributed by atoms with Crippen molar-refractivity contribution in [2.24, 2.45) is 0 Å². The minimum absolute atomic E-state index is 0.0512. The van der Waals surface area contributed by atoms with Crippen molar-refractivity contribution in [3.8, 4) is 11.5 Å². The van der Waals surface area contributed by atoms with Crippen LogP contribution in [0.2, 0.25) is 0 Å². The van der Waals surface area contributed by atoms with Crippen LogP contribution in [0.4, 0.5) is 11.4 Å². The Kier molecular flexibility index (Phi) is 7.69. The number of methoxy groups -OCH3 is 2. The first-order valence-corrected chi connectivity index (χ1v) is 12.9. The molecule has 0 saturated carbocycles. The van der Waals surface area contributed by atoms with Crippen LogP contribution in [0.1, 0.15) is 25.3 Å². The number of rotatable bonds is 8. The molecule has 0 radical (unpaired) electrons. The lowest BCUT2D eigenvalue weighted by molar-refractivity contribution is -0.118. The van der Waals surface area contributed by atoms with Crippen molar-refractivity contribution in [1.29, 1.82) is 0 Å². The van der Waals surface area contributed by atoms with Crippen LogP contribution >= 0.6 is 15.9 Å². The molecular formula is C23H27BrN2O6S. The Hall–Kier alpha value is -2.59. The highest BCUT2D eigenvalue weighted by Gasteiger charge is 2.29. The average Bonchev–Trinajstić information content (AvgIpc) is 3.23. The van der Waals surface area contributed by atoms with E-state index in [0.717, 1.165) is 5.56 Å². The zero-order valence-corrected chi connectivity index (χ0v) is 21.5. The maximum atomic E-state index is 13.1. The molecule has 33 heavy (non-hydrogen) atoms. The largest absolute Gasteiger partial charge is 0.497 e. The number of hydrogen-bond donors (Lipinski definition) is 0. The van der Waals surface area contributed by atoms with E-state index in [1.165, 1.54) is 25.2 Å². The molecule has 2 aromatic rings. The lowest BCUT2D eigenvalue weighted by Crippen LogP contribution is -2.29. The minimum atomic E-state index is -3.79. The van der Waals surface area contributed by atoms with Gasteiger partial charge in [-0.25, -0.2) is 8.42 Å². The van der Waals surface area contributed by atoms with E-state index in [4.69, 9.17) is 9.47 Å². The predicted molar refractivity (Wildman–Crippen MR) is 130 cm³/mol. The lowest BCUT2D eigenvalue weighted by Gasteiger charge is -2.21. The van der Waals surface area contributed by atoms with Gasteiger partial charge in [0.05, 0.1) is 30.6 Å². The van der Waals surface area contributed by atoms with Crippen LogP contribution < -0.4 is 19.3 Å². The number of halogens is 1. The average molecular weight is 539 g/mol. The Morgan fingerprint density at radius 1 is 1.15 bits per heavy atom. The molecule has 3 rings (SSSR count). The molecule has 1 aliphatic heterocycles. The fourth-order valence-electron chi connectivity index (χ4n) is 3.77. The van der Waals surface area contributed by atoms with Gasteiger partial charge in [0, 0.05) is 42.7 Å². The predicted octanol–water partition coefficient (Wildman–Crippen LogP) is 3.59. The summed E-state index contributed by atoms with van der Waals surface area (Å²) < 4.78 is 37.2. The topological polar surface area (TPSA) is 93.2 Å². The second-order valence-electron chi connectivity index (χ2n) is 7.62. The van der Waals surface area contributed by atoms with Gasteiger partial charge in [-0.1, -0.05) is 6.92 Å². The van der Waals surface area contributed by atoms with Crippen molar-refractivity contribution in [2.45, 2.75) is 31.1 Å². The highest BCUT2D eigenvalue weighted by molar-refractivity contribution is 9.10. The number of anilines is 2. The number of carbonyl (C=O) groups excluding carboxylic acids is 2. The second kappa shape index (κ2) is 10.1. The summed E-state index contributed by atoms with van der Waals surface area (Å²) in [5.74, 6) is 0.228. The standard InChI is InChI=1S/C23H27BrN2O6S/c1-5-22(27)26-10-8-15-12-17(24)21(14-19(15)26)33(29,30)11-9-23(28)25(2)18-7-6-16(31-3)13-20(18)32-4/h6-7,12-14H,5,8-11H2,1-4H3. The van der Waals surface area contributed by atoms with Crippen LogP contribution in [0.15, 0.2) is 39.7 Å². The van der Waals surface area contributed by atoms with Gasteiger partial charge in [-0.05, 0) is 52.2 Å². The lowest BCUT2D eigenvalue weighted by atomic mass is 10.2. The third kappa shape index (κ3) is 5.16. The van der Waals surface area contributed by atoms with Crippen LogP contribution in [0.25, 0.3) is 0 Å². The Bertz CT molecular complexity index is 1180. The summed E-state index contributed by atoms with van der Waals surface area (Å²) in [7, 11) is 0.795. The van der Waals surface area contributed by atoms with Gasteiger partial charge in [-0.2, -0.15) is 0 Å². The van der Waals surface area contributed by atoms with E-state index in [1.54, 1.807) is 43.1 Å². The van der Waals surface area contributed by atoms with Crippen LogP contribution in [-0.4, -0.2) is 53.8 Å². The monoisotopic (exact) mass is 538 g/mol. The number of nitrogens with zero attached hydrogens (tertiary/aromatic N) is 2. The summed E-state index contributed by atoms with van der Waals surface area (Å²) >= 11 is 3.36. The molecule has 0 bridgehead atoms. The Morgan fingerprint density at radius 2 is 1.88 bits per heavy atom. The van der Waals surface area contributed by atoms with Gasteiger partial charge in [-0.3, -0.25) is 9.59 Å². The van der Waals surface area contributed by atoms with Crippen LogP contribution in [-0.2, 0) is 25.8 Å². The fourth-order valence-corrected chi connectivity index (χ4v) is 6.21. The van der Waals surface area contributed by atoms with Crippen LogP contribution in [0, 0.1) is 0 Å². The van der Waals surface area contributed by atoms with Crippen molar-refractivity contribution in [1.82, 2.24) is 0 Å². The number of fused-ring (bicyclic) bond motifs is 1. The molecule has 0 aromatic heterocycles. The van der Waals surface area contributed by atoms with Gasteiger partial charge in [0.25, 0.3) is 0 Å². The Morgan fingerprint density at radius 3 is 2.52 bits per heavy atom. The summed E-state index contributed by atoms with van der Waals surface area (Å²) in [5.41, 5.74) is 2.05. The molecule has 10 heteroatoms. The Balaban J connectivity index is 1.79. The number of amides is 2. The highest BCUT2D eigenvalue weighted by Crippen LogP contribution is 2.36. The van der Waals surface area contributed by atoms with Crippen molar-refractivity contribution in [3.63, 3.8) is 0 Å². The van der Waals surface area contributed by atoms with Gasteiger partial charge in [0.15, 0.2) is 9.84 Å². The van der Waals surface area contributed by atoms with Crippen LogP contribution in [0.3, 0.4) is 0 Å². The molecule has 2 amide bonds. The first kappa shape index (κ1) is 25.0. The molecule has 0 saturated heterocycles. The van der Waals surface area contributed by atoms with Crippen molar-refractivity contribution >= 4 is 49.0 Å². The minimum Gasteiger partial charge on any atom is -0.497 e. The number of hydrogen-bond acceptors (Lipinski definition) is 6. The molecule has 2 aromatic carbocycles. The fraction of sp³-hybridized carbons (Fsp3) is 0.391. The van der Waals surface area contributed by atoms with Gasteiger partial charge in [-0.15, -0.1) is 0 Å². The molecule has 0 atom stereocenters. The van der Waals surface area contributed by atoms with Gasteiger partial charge in [0.1, 0.15) is 11.5 Å². The third-order valence-corrected chi connectivity index (χ3v) is 8.34. The molecule has 178 valence electrons. The van der Waals surface area contributed by atoms with Gasteiger partial charge in [0.2, 0.25) is 11.8 Å². The van der Waals surface area contributed by atoms with Crippen molar-refractivity contribution < 1.29 is 27.5 Å². The quantitative estimate of drug-likeness (QED) is 0.509. The summed E-state index contributed by atoms with van der Waals surface area (Å²) in [6.45, 7) is 2.31. The van der Waals surface area contributed by atoms with Crippen LogP contribution in [0.5, 0.6) is 11.5 Å². The number of carbonyl (C=O) groups is 2. The first-order chi connectivity index (χ1) is 15.6. The van der Waals surface area contributed by atoms with E-state index in [9.17, 15) is 18.0 Å². The number of ether oxygens (including phenoxy) is 2. The SMILES string of the molecule is CCC(=O)N1CCc2cc(Br)c(S(=O)(=O)CCC(=O)N(C)c3ccc(OC)cc3OC)cc21. The van der Waals surface area contributed by atoms with Gasteiger partial charge < -0.3 is 19.3 Å². The maximum Gasteiger partial charge on any atom is 0.227 e. The van der Waals surface area contributed by atoms with Crippen molar-refractivity contribution in [2.75, 3.05) is 43.4 Å². The molecule has 8 nitrogen and oxygen atoms in total. The number of sulfone groups is 1. The summed E-state index contributed by atoms with van der Waals surface area (Å²) in [4.78, 5) is 28.1. The van der Waals surface area contributed by atoms with Gasteiger partial charge >= 0.3 is 0 Å². The normalized spacial score (nSPS) is 12.9. The highest BCUT2D eigenvalue weighted by atomic mass is 79.9. The molecule has 1 aliphatic rings. The van der Waals surface area contributed by atoms with E-state index in [2.05, 4.69) is 15.9 Å². The molecule has 0 spiro atoms. The van der Waals surface area contributed by atoms with E-state index in [-0.39, 0.29) is 28.9 Å². The zero-order chi connectivity index (χ0) is 24.3. The molecular weight excluding hydrogens is 512 g/mol.